The Hall–Kier alpha value is -2.34. The molecule has 0 saturated carbocycles. The van der Waals surface area contributed by atoms with Crippen molar-refractivity contribution in [2.24, 2.45) is 5.73 Å². The van der Waals surface area contributed by atoms with Gasteiger partial charge in [0.05, 0.1) is 12.2 Å². The summed E-state index contributed by atoms with van der Waals surface area (Å²) in [6.07, 6.45) is 0.821. The van der Waals surface area contributed by atoms with Gasteiger partial charge in [0.2, 0.25) is 5.91 Å². The topological polar surface area (TPSA) is 72.6 Å². The van der Waals surface area contributed by atoms with Crippen LogP contribution in [0.1, 0.15) is 29.3 Å². The number of carbonyl (C=O) groups is 2. The smallest absolute Gasteiger partial charge is 0.257 e. The minimum atomic E-state index is -0.429. The minimum Gasteiger partial charge on any atom is -0.493 e. The van der Waals surface area contributed by atoms with E-state index >= 15 is 0 Å². The van der Waals surface area contributed by atoms with E-state index < -0.39 is 5.91 Å². The van der Waals surface area contributed by atoms with Gasteiger partial charge in [-0.15, -0.1) is 0 Å². The Balaban J connectivity index is 2.21. The van der Waals surface area contributed by atoms with E-state index in [4.69, 9.17) is 10.5 Å². The number of nitrogens with zero attached hydrogens (tertiary/aromatic N) is 1. The number of hydrogen-bond acceptors (Lipinski definition) is 3. The number of rotatable bonds is 9. The summed E-state index contributed by atoms with van der Waals surface area (Å²) in [5.74, 6) is -0.0711. The second kappa shape index (κ2) is 9.97. The van der Waals surface area contributed by atoms with Crippen LogP contribution in [0.3, 0.4) is 0 Å². The Morgan fingerprint density at radius 3 is 2.50 bits per heavy atom. The summed E-state index contributed by atoms with van der Waals surface area (Å²) in [4.78, 5) is 26.0. The largest absolute Gasteiger partial charge is 0.493 e. The molecule has 6 heteroatoms. The lowest BCUT2D eigenvalue weighted by Crippen LogP contribution is -2.36. The molecular weight excluding hydrogens is 396 g/mol. The maximum Gasteiger partial charge on any atom is 0.257 e. The lowest BCUT2D eigenvalue weighted by atomic mass is 10.1. The highest BCUT2D eigenvalue weighted by Crippen LogP contribution is 2.25. The van der Waals surface area contributed by atoms with Gasteiger partial charge in [0.15, 0.2) is 0 Å². The molecule has 138 valence electrons. The van der Waals surface area contributed by atoms with E-state index in [-0.39, 0.29) is 18.9 Å². The van der Waals surface area contributed by atoms with E-state index in [2.05, 4.69) is 15.9 Å². The molecule has 0 unspecified atom stereocenters. The number of benzene rings is 2. The van der Waals surface area contributed by atoms with Gasteiger partial charge in [0.25, 0.3) is 5.91 Å². The van der Waals surface area contributed by atoms with Gasteiger partial charge in [-0.2, -0.15) is 0 Å². The molecule has 0 saturated heterocycles. The Bertz CT molecular complexity index is 750. The second-order valence-corrected chi connectivity index (χ2v) is 6.73. The molecule has 2 amide bonds. The SMILES string of the molecule is CCOc1ccc(Br)cc1C(=O)N(CCC(N)=O)CCc1ccccc1. The highest BCUT2D eigenvalue weighted by atomic mass is 79.9. The van der Waals surface area contributed by atoms with Crippen molar-refractivity contribution in [2.45, 2.75) is 19.8 Å². The molecule has 26 heavy (non-hydrogen) atoms. The van der Waals surface area contributed by atoms with Crippen LogP contribution >= 0.6 is 15.9 Å². The third-order valence-corrected chi connectivity index (χ3v) is 4.39. The minimum absolute atomic E-state index is 0.124. The average molecular weight is 419 g/mol. The number of primary amides is 1. The fourth-order valence-corrected chi connectivity index (χ4v) is 2.95. The summed E-state index contributed by atoms with van der Waals surface area (Å²) >= 11 is 3.40. The van der Waals surface area contributed by atoms with Crippen molar-refractivity contribution >= 4 is 27.7 Å². The molecule has 0 aliphatic heterocycles. The monoisotopic (exact) mass is 418 g/mol. The number of ether oxygens (including phenoxy) is 1. The molecule has 0 spiro atoms. The standard InChI is InChI=1S/C20H23BrN2O3/c1-2-26-18-9-8-16(21)14-17(18)20(25)23(13-11-19(22)24)12-10-15-6-4-3-5-7-15/h3-9,14H,2,10-13H2,1H3,(H2,22,24). The molecule has 2 N–H and O–H groups in total. The lowest BCUT2D eigenvalue weighted by molar-refractivity contribution is -0.118. The molecule has 0 heterocycles. The fourth-order valence-electron chi connectivity index (χ4n) is 2.59. The summed E-state index contributed by atoms with van der Waals surface area (Å²) in [5.41, 5.74) is 6.88. The van der Waals surface area contributed by atoms with Gasteiger partial charge < -0.3 is 15.4 Å². The van der Waals surface area contributed by atoms with Crippen LogP contribution in [0.2, 0.25) is 0 Å². The molecule has 0 aromatic heterocycles. The molecule has 5 nitrogen and oxygen atoms in total. The molecule has 0 bridgehead atoms. The van der Waals surface area contributed by atoms with E-state index in [1.165, 1.54) is 0 Å². The normalized spacial score (nSPS) is 10.4. The van der Waals surface area contributed by atoms with E-state index in [0.29, 0.717) is 30.9 Å². The molecule has 2 rings (SSSR count). The van der Waals surface area contributed by atoms with Crippen LogP contribution in [0.25, 0.3) is 0 Å². The van der Waals surface area contributed by atoms with Crippen molar-refractivity contribution in [1.29, 1.82) is 0 Å². The molecule has 0 aliphatic carbocycles. The summed E-state index contributed by atoms with van der Waals surface area (Å²) in [5, 5.41) is 0. The van der Waals surface area contributed by atoms with E-state index in [1.807, 2.05) is 43.3 Å². The highest BCUT2D eigenvalue weighted by Gasteiger charge is 2.20. The maximum absolute atomic E-state index is 13.1. The summed E-state index contributed by atoms with van der Waals surface area (Å²) < 4.78 is 6.39. The third-order valence-electron chi connectivity index (χ3n) is 3.90. The molecular formula is C20H23BrN2O3. The first-order valence-electron chi connectivity index (χ1n) is 8.55. The zero-order valence-electron chi connectivity index (χ0n) is 14.8. The number of hydrogen-bond donors (Lipinski definition) is 1. The highest BCUT2D eigenvalue weighted by molar-refractivity contribution is 9.10. The van der Waals surface area contributed by atoms with Crippen molar-refractivity contribution in [3.05, 3.63) is 64.1 Å². The first kappa shape index (κ1) is 20.0. The van der Waals surface area contributed by atoms with Crippen LogP contribution in [0.15, 0.2) is 53.0 Å². The van der Waals surface area contributed by atoms with Crippen molar-refractivity contribution in [2.75, 3.05) is 19.7 Å². The predicted molar refractivity (Wildman–Crippen MR) is 105 cm³/mol. The molecule has 2 aromatic carbocycles. The quantitative estimate of drug-likeness (QED) is 0.677. The van der Waals surface area contributed by atoms with Gasteiger partial charge >= 0.3 is 0 Å². The van der Waals surface area contributed by atoms with E-state index in [1.54, 1.807) is 17.0 Å². The first-order valence-corrected chi connectivity index (χ1v) is 9.34. The van der Waals surface area contributed by atoms with Gasteiger partial charge in [-0.3, -0.25) is 9.59 Å². The molecule has 0 radical (unpaired) electrons. The van der Waals surface area contributed by atoms with Gasteiger partial charge in [-0.25, -0.2) is 0 Å². The zero-order valence-corrected chi connectivity index (χ0v) is 16.4. The Morgan fingerprint density at radius 1 is 1.12 bits per heavy atom. The van der Waals surface area contributed by atoms with E-state index in [9.17, 15) is 9.59 Å². The maximum atomic E-state index is 13.1. The Labute approximate surface area is 162 Å². The summed E-state index contributed by atoms with van der Waals surface area (Å²) in [7, 11) is 0. The molecule has 2 aromatic rings. The number of amides is 2. The van der Waals surface area contributed by atoms with Crippen LogP contribution in [0, 0.1) is 0 Å². The van der Waals surface area contributed by atoms with Crippen LogP contribution in [0.4, 0.5) is 0 Å². The van der Waals surface area contributed by atoms with Gasteiger partial charge in [0, 0.05) is 24.0 Å². The van der Waals surface area contributed by atoms with Crippen molar-refractivity contribution < 1.29 is 14.3 Å². The summed E-state index contributed by atoms with van der Waals surface area (Å²) in [6.45, 7) is 3.11. The number of halogens is 1. The fraction of sp³-hybridized carbons (Fsp3) is 0.300. The van der Waals surface area contributed by atoms with E-state index in [0.717, 1.165) is 10.0 Å². The van der Waals surface area contributed by atoms with Crippen LogP contribution in [-0.2, 0) is 11.2 Å². The van der Waals surface area contributed by atoms with Crippen LogP contribution in [0.5, 0.6) is 5.75 Å². The van der Waals surface area contributed by atoms with Gasteiger partial charge in [-0.05, 0) is 37.1 Å². The number of carbonyl (C=O) groups excluding carboxylic acids is 2. The zero-order chi connectivity index (χ0) is 18.9. The Kier molecular flexibility index (Phi) is 7.66. The van der Waals surface area contributed by atoms with Crippen LogP contribution in [-0.4, -0.2) is 36.4 Å². The van der Waals surface area contributed by atoms with Crippen molar-refractivity contribution in [1.82, 2.24) is 4.90 Å². The van der Waals surface area contributed by atoms with Gasteiger partial charge in [0.1, 0.15) is 5.75 Å². The molecule has 0 atom stereocenters. The van der Waals surface area contributed by atoms with Crippen molar-refractivity contribution in [3.8, 4) is 5.75 Å². The average Bonchev–Trinajstić information content (AvgIpc) is 2.63. The predicted octanol–water partition coefficient (Wildman–Crippen LogP) is 3.41. The second-order valence-electron chi connectivity index (χ2n) is 5.82. The third kappa shape index (κ3) is 5.88. The van der Waals surface area contributed by atoms with Gasteiger partial charge in [-0.1, -0.05) is 46.3 Å². The molecule has 0 aliphatic rings. The number of nitrogens with two attached hydrogens (primary N) is 1. The lowest BCUT2D eigenvalue weighted by Gasteiger charge is -2.23. The Morgan fingerprint density at radius 2 is 1.85 bits per heavy atom. The molecule has 0 fully saturated rings. The van der Waals surface area contributed by atoms with Crippen LogP contribution < -0.4 is 10.5 Å². The summed E-state index contributed by atoms with van der Waals surface area (Å²) in [6, 6.07) is 15.3. The first-order chi connectivity index (χ1) is 12.5. The van der Waals surface area contributed by atoms with Crippen molar-refractivity contribution in [3.63, 3.8) is 0 Å².